The molecule has 1 aliphatic carbocycles. The van der Waals surface area contributed by atoms with Crippen molar-refractivity contribution in [2.24, 2.45) is 0 Å². The molecule has 3 rings (SSSR count). The average Bonchev–Trinajstić information content (AvgIpc) is 2.67. The summed E-state index contributed by atoms with van der Waals surface area (Å²) in [4.78, 5) is 13.4. The highest BCUT2D eigenvalue weighted by Crippen LogP contribution is 2.42. The molecule has 4 heteroatoms. The zero-order valence-corrected chi connectivity index (χ0v) is 9.07. The van der Waals surface area contributed by atoms with Gasteiger partial charge in [0.15, 0.2) is 11.9 Å². The fourth-order valence-corrected chi connectivity index (χ4v) is 2.92. The molecule has 3 aliphatic rings. The zero-order valence-electron chi connectivity index (χ0n) is 9.07. The minimum atomic E-state index is -0.412. The molecular formula is C11H17NO3. The number of nitrogens with zero attached hydrogens (tertiary/aromatic N) is 1. The van der Waals surface area contributed by atoms with E-state index >= 15 is 0 Å². The van der Waals surface area contributed by atoms with Crippen molar-refractivity contribution in [3.05, 3.63) is 0 Å². The molecule has 0 aromatic heterocycles. The number of carbonyl (C=O) groups is 1. The zero-order chi connectivity index (χ0) is 10.5. The largest absolute Gasteiger partial charge is 0.342 e. The van der Waals surface area contributed by atoms with Crippen LogP contribution in [0.2, 0.25) is 0 Å². The van der Waals surface area contributed by atoms with Gasteiger partial charge in [-0.25, -0.2) is 0 Å². The molecule has 2 heterocycles. The molecule has 0 N–H and O–H groups in total. The molecule has 2 unspecified atom stereocenters. The first-order valence-corrected chi connectivity index (χ1v) is 5.81. The van der Waals surface area contributed by atoms with Gasteiger partial charge in [-0.3, -0.25) is 4.79 Å². The minimum absolute atomic E-state index is 0.0272. The van der Waals surface area contributed by atoms with E-state index in [-0.39, 0.29) is 18.1 Å². The van der Waals surface area contributed by atoms with Crippen molar-refractivity contribution >= 4 is 5.91 Å². The van der Waals surface area contributed by atoms with Crippen molar-refractivity contribution in [2.45, 2.75) is 50.1 Å². The van der Waals surface area contributed by atoms with Crippen LogP contribution in [0.25, 0.3) is 0 Å². The summed E-state index contributed by atoms with van der Waals surface area (Å²) in [7, 11) is 1.81. The van der Waals surface area contributed by atoms with E-state index in [9.17, 15) is 4.79 Å². The molecule has 84 valence electrons. The van der Waals surface area contributed by atoms with Gasteiger partial charge in [-0.2, -0.15) is 0 Å². The standard InChI is InChI=1S/C11H17NO3/c1-12-7-8-9(10(12)13)15-11(14-8)5-3-2-4-6-11/h8-9H,2-7H2,1H3. The molecule has 0 radical (unpaired) electrons. The summed E-state index contributed by atoms with van der Waals surface area (Å²) >= 11 is 0. The Morgan fingerprint density at radius 2 is 2.00 bits per heavy atom. The quantitative estimate of drug-likeness (QED) is 0.597. The van der Waals surface area contributed by atoms with Crippen LogP contribution >= 0.6 is 0 Å². The van der Waals surface area contributed by atoms with Crippen LogP contribution in [0.4, 0.5) is 0 Å². The summed E-state index contributed by atoms with van der Waals surface area (Å²) in [5.74, 6) is -0.327. The summed E-state index contributed by atoms with van der Waals surface area (Å²) < 4.78 is 11.9. The number of fused-ring (bicyclic) bond motifs is 1. The molecule has 2 aliphatic heterocycles. The van der Waals surface area contributed by atoms with Gasteiger partial charge >= 0.3 is 0 Å². The first-order chi connectivity index (χ1) is 7.20. The van der Waals surface area contributed by atoms with Crippen LogP contribution in [-0.2, 0) is 14.3 Å². The van der Waals surface area contributed by atoms with E-state index in [1.54, 1.807) is 11.9 Å². The Morgan fingerprint density at radius 3 is 2.67 bits per heavy atom. The third-order valence-electron chi connectivity index (χ3n) is 3.73. The molecule has 4 nitrogen and oxygen atoms in total. The molecule has 1 saturated carbocycles. The third-order valence-corrected chi connectivity index (χ3v) is 3.73. The van der Waals surface area contributed by atoms with Crippen LogP contribution in [0.3, 0.4) is 0 Å². The lowest BCUT2D eigenvalue weighted by Gasteiger charge is -2.32. The first-order valence-electron chi connectivity index (χ1n) is 5.81. The van der Waals surface area contributed by atoms with Crippen LogP contribution in [0.15, 0.2) is 0 Å². The normalized spacial score (nSPS) is 38.7. The molecule has 3 fully saturated rings. The second-order valence-corrected chi connectivity index (χ2v) is 4.88. The minimum Gasteiger partial charge on any atom is -0.342 e. The number of carbonyl (C=O) groups excluding carboxylic acids is 1. The number of amides is 1. The summed E-state index contributed by atoms with van der Waals surface area (Å²) in [6.07, 6.45) is 5.13. The van der Waals surface area contributed by atoms with Gasteiger partial charge in [0, 0.05) is 26.4 Å². The Bertz CT molecular complexity index is 286. The smallest absolute Gasteiger partial charge is 0.254 e. The fraction of sp³-hybridized carbons (Fsp3) is 0.909. The van der Waals surface area contributed by atoms with Crippen molar-refractivity contribution in [3.8, 4) is 0 Å². The van der Waals surface area contributed by atoms with Crippen molar-refractivity contribution in [1.29, 1.82) is 0 Å². The first kappa shape index (κ1) is 9.60. The number of likely N-dealkylation sites (tertiary alicyclic amines) is 1. The third kappa shape index (κ3) is 1.39. The van der Waals surface area contributed by atoms with E-state index in [2.05, 4.69) is 0 Å². The summed E-state index contributed by atoms with van der Waals surface area (Å²) in [6.45, 7) is 0.686. The number of rotatable bonds is 0. The Kier molecular flexibility index (Phi) is 2.04. The number of hydrogen-bond donors (Lipinski definition) is 0. The Morgan fingerprint density at radius 1 is 1.27 bits per heavy atom. The van der Waals surface area contributed by atoms with Crippen LogP contribution in [0.1, 0.15) is 32.1 Å². The van der Waals surface area contributed by atoms with E-state index in [4.69, 9.17) is 9.47 Å². The van der Waals surface area contributed by atoms with E-state index < -0.39 is 5.79 Å². The molecule has 0 aromatic carbocycles. The number of hydrogen-bond acceptors (Lipinski definition) is 3. The van der Waals surface area contributed by atoms with Gasteiger partial charge in [0.1, 0.15) is 6.10 Å². The van der Waals surface area contributed by atoms with Gasteiger partial charge in [-0.1, -0.05) is 6.42 Å². The van der Waals surface area contributed by atoms with Crippen molar-refractivity contribution in [3.63, 3.8) is 0 Å². The Hall–Kier alpha value is -0.610. The molecule has 15 heavy (non-hydrogen) atoms. The molecule has 1 amide bonds. The monoisotopic (exact) mass is 211 g/mol. The summed E-state index contributed by atoms with van der Waals surface area (Å²) in [6, 6.07) is 0. The molecule has 0 bridgehead atoms. The Balaban J connectivity index is 1.76. The molecule has 0 aromatic rings. The average molecular weight is 211 g/mol. The fourth-order valence-electron chi connectivity index (χ4n) is 2.92. The maximum atomic E-state index is 11.7. The highest BCUT2D eigenvalue weighted by Gasteiger charge is 2.54. The molecule has 2 atom stereocenters. The van der Waals surface area contributed by atoms with Crippen molar-refractivity contribution < 1.29 is 14.3 Å². The Labute approximate surface area is 89.5 Å². The van der Waals surface area contributed by atoms with Crippen molar-refractivity contribution in [2.75, 3.05) is 13.6 Å². The predicted octanol–water partition coefficient (Wildman–Crippen LogP) is 0.903. The van der Waals surface area contributed by atoms with Gasteiger partial charge in [-0.15, -0.1) is 0 Å². The van der Waals surface area contributed by atoms with Crippen LogP contribution in [0.5, 0.6) is 0 Å². The van der Waals surface area contributed by atoms with E-state index in [1.807, 2.05) is 0 Å². The number of likely N-dealkylation sites (N-methyl/N-ethyl adjacent to an activating group) is 1. The second kappa shape index (κ2) is 3.19. The second-order valence-electron chi connectivity index (χ2n) is 4.88. The number of ether oxygens (including phenoxy) is 2. The summed E-state index contributed by atoms with van der Waals surface area (Å²) in [5, 5.41) is 0. The highest BCUT2D eigenvalue weighted by molar-refractivity contribution is 5.84. The van der Waals surface area contributed by atoms with Crippen molar-refractivity contribution in [1.82, 2.24) is 4.90 Å². The topological polar surface area (TPSA) is 38.8 Å². The van der Waals surface area contributed by atoms with Gasteiger partial charge < -0.3 is 14.4 Å². The van der Waals surface area contributed by atoms with Gasteiger partial charge in [-0.05, 0) is 12.8 Å². The summed E-state index contributed by atoms with van der Waals surface area (Å²) in [5.41, 5.74) is 0. The van der Waals surface area contributed by atoms with E-state index in [1.165, 1.54) is 6.42 Å². The predicted molar refractivity (Wildman–Crippen MR) is 53.2 cm³/mol. The van der Waals surface area contributed by atoms with Crippen LogP contribution in [0, 0.1) is 0 Å². The maximum Gasteiger partial charge on any atom is 0.254 e. The van der Waals surface area contributed by atoms with Gasteiger partial charge in [0.05, 0.1) is 0 Å². The lowest BCUT2D eigenvalue weighted by molar-refractivity contribution is -0.202. The van der Waals surface area contributed by atoms with E-state index in [0.29, 0.717) is 6.54 Å². The molecular weight excluding hydrogens is 194 g/mol. The maximum absolute atomic E-state index is 11.7. The highest BCUT2D eigenvalue weighted by atomic mass is 16.8. The van der Waals surface area contributed by atoms with Gasteiger partial charge in [0.25, 0.3) is 5.91 Å². The molecule has 1 spiro atoms. The lowest BCUT2D eigenvalue weighted by atomic mass is 9.94. The SMILES string of the molecule is CN1CC2OC3(CCCCC3)OC2C1=O. The lowest BCUT2D eigenvalue weighted by Crippen LogP contribution is -2.37. The van der Waals surface area contributed by atoms with Crippen LogP contribution in [-0.4, -0.2) is 42.4 Å². The van der Waals surface area contributed by atoms with E-state index in [0.717, 1.165) is 25.7 Å². The van der Waals surface area contributed by atoms with Crippen LogP contribution < -0.4 is 0 Å². The molecule has 2 saturated heterocycles. The van der Waals surface area contributed by atoms with Gasteiger partial charge in [0.2, 0.25) is 0 Å².